The second kappa shape index (κ2) is 7.54. The van der Waals surface area contributed by atoms with Gasteiger partial charge in [-0.25, -0.2) is 14.5 Å². The standard InChI is InChI=1S/C22H25F3N6OS/c1-13-8-18(33-29-13)30-10-14-2-3-15(11-30)16(14)9-17-27-19-20(26-6-7-31(19)28-17)32-12-21(4-5-21)22(23,24)25/h6-8,14-16H,2-5,9-12H2,1H3/t14-,15+,16?. The Bertz CT molecular complexity index is 1160. The van der Waals surface area contributed by atoms with Crippen LogP contribution < -0.4 is 9.64 Å². The first-order valence-corrected chi connectivity index (χ1v) is 12.2. The van der Waals surface area contributed by atoms with E-state index in [4.69, 9.17) is 4.74 Å². The minimum Gasteiger partial charge on any atom is -0.474 e. The number of hydrogen-bond donors (Lipinski definition) is 0. The molecule has 0 radical (unpaired) electrons. The number of nitrogens with zero attached hydrogens (tertiary/aromatic N) is 6. The topological polar surface area (TPSA) is 68.4 Å². The lowest BCUT2D eigenvalue weighted by Crippen LogP contribution is -2.42. The fourth-order valence-electron chi connectivity index (χ4n) is 5.45. The highest BCUT2D eigenvalue weighted by molar-refractivity contribution is 7.10. The van der Waals surface area contributed by atoms with E-state index in [2.05, 4.69) is 30.4 Å². The van der Waals surface area contributed by atoms with Crippen LogP contribution in [0.15, 0.2) is 18.5 Å². The number of alkyl halides is 3. The second-order valence-corrected chi connectivity index (χ2v) is 10.6. The van der Waals surface area contributed by atoms with Gasteiger partial charge in [-0.1, -0.05) is 0 Å². The van der Waals surface area contributed by atoms with E-state index in [1.54, 1.807) is 22.2 Å². The molecule has 2 aliphatic carbocycles. The number of hydrogen-bond acceptors (Lipinski definition) is 7. The molecule has 3 fully saturated rings. The van der Waals surface area contributed by atoms with Crippen LogP contribution in [0.1, 0.15) is 37.2 Å². The van der Waals surface area contributed by atoms with Gasteiger partial charge in [0.15, 0.2) is 5.82 Å². The van der Waals surface area contributed by atoms with Gasteiger partial charge in [-0.15, -0.1) is 0 Å². The first-order chi connectivity index (χ1) is 15.8. The van der Waals surface area contributed by atoms with Crippen LogP contribution in [0.3, 0.4) is 0 Å². The molecule has 11 heteroatoms. The molecule has 3 atom stereocenters. The number of anilines is 1. The van der Waals surface area contributed by atoms with Crippen molar-refractivity contribution in [3.8, 4) is 5.88 Å². The summed E-state index contributed by atoms with van der Waals surface area (Å²) in [7, 11) is 0. The Hall–Kier alpha value is -2.43. The summed E-state index contributed by atoms with van der Waals surface area (Å²) in [6.45, 7) is 3.64. The Balaban J connectivity index is 1.17. The maximum Gasteiger partial charge on any atom is 0.397 e. The molecule has 2 bridgehead atoms. The zero-order valence-electron chi connectivity index (χ0n) is 18.3. The van der Waals surface area contributed by atoms with Crippen LogP contribution in [0.25, 0.3) is 5.65 Å². The van der Waals surface area contributed by atoms with E-state index in [-0.39, 0.29) is 18.7 Å². The fraction of sp³-hybridized carbons (Fsp3) is 0.636. The van der Waals surface area contributed by atoms with E-state index >= 15 is 0 Å². The van der Waals surface area contributed by atoms with E-state index in [0.29, 0.717) is 29.2 Å². The van der Waals surface area contributed by atoms with E-state index < -0.39 is 18.2 Å². The molecular weight excluding hydrogens is 453 g/mol. The largest absolute Gasteiger partial charge is 0.474 e. The van der Waals surface area contributed by atoms with Gasteiger partial charge in [0.05, 0.1) is 5.69 Å². The van der Waals surface area contributed by atoms with Crippen LogP contribution in [-0.2, 0) is 6.42 Å². The Morgan fingerprint density at radius 1 is 1.21 bits per heavy atom. The molecule has 0 aromatic carbocycles. The smallest absolute Gasteiger partial charge is 0.397 e. The molecule has 0 amide bonds. The number of ether oxygens (including phenoxy) is 1. The molecule has 1 aliphatic heterocycles. The molecule has 6 rings (SSSR count). The number of piperidine rings is 1. The van der Waals surface area contributed by atoms with Crippen molar-refractivity contribution in [3.63, 3.8) is 0 Å². The second-order valence-electron chi connectivity index (χ2n) is 9.77. The van der Waals surface area contributed by atoms with E-state index in [9.17, 15) is 13.2 Å². The van der Waals surface area contributed by atoms with Gasteiger partial charge in [0.2, 0.25) is 5.65 Å². The minimum atomic E-state index is -4.26. The third kappa shape index (κ3) is 3.74. The van der Waals surface area contributed by atoms with Crippen molar-refractivity contribution >= 4 is 22.2 Å². The van der Waals surface area contributed by atoms with Crippen molar-refractivity contribution in [1.29, 1.82) is 0 Å². The summed E-state index contributed by atoms with van der Waals surface area (Å²) in [4.78, 5) is 11.2. The third-order valence-electron chi connectivity index (χ3n) is 7.58. The van der Waals surface area contributed by atoms with E-state index in [1.807, 2.05) is 6.92 Å². The molecule has 3 aromatic rings. The Morgan fingerprint density at radius 2 is 1.97 bits per heavy atom. The van der Waals surface area contributed by atoms with Gasteiger partial charge >= 0.3 is 6.18 Å². The van der Waals surface area contributed by atoms with Crippen LogP contribution >= 0.6 is 11.5 Å². The molecule has 7 nitrogen and oxygen atoms in total. The summed E-state index contributed by atoms with van der Waals surface area (Å²) < 4.78 is 51.3. The SMILES string of the molecule is Cc1cc(N2C[C@H]3CC[C@@H](C2)C3Cc2nc3c(OCC4(C(F)(F)F)CC4)nccn3n2)sn1. The normalized spacial score (nSPS) is 26.2. The maximum absolute atomic E-state index is 13.3. The number of aromatic nitrogens is 5. The molecule has 1 saturated heterocycles. The molecule has 1 unspecified atom stereocenters. The minimum absolute atomic E-state index is 0.0974. The van der Waals surface area contributed by atoms with Crippen molar-refractivity contribution in [2.45, 2.75) is 45.2 Å². The van der Waals surface area contributed by atoms with E-state index in [1.165, 1.54) is 24.0 Å². The lowest BCUT2D eigenvalue weighted by molar-refractivity contribution is -0.194. The van der Waals surface area contributed by atoms with Crippen LogP contribution in [0.5, 0.6) is 5.88 Å². The average Bonchev–Trinajstić information content (AvgIpc) is 3.20. The molecule has 4 heterocycles. The van der Waals surface area contributed by atoms with Crippen LogP contribution in [0.4, 0.5) is 18.2 Å². The number of halogens is 3. The summed E-state index contributed by atoms with van der Waals surface area (Å²) >= 11 is 1.57. The first kappa shape index (κ1) is 21.1. The van der Waals surface area contributed by atoms with Gasteiger partial charge in [0, 0.05) is 31.9 Å². The molecule has 3 aromatic heterocycles. The highest BCUT2D eigenvalue weighted by Gasteiger charge is 2.64. The first-order valence-electron chi connectivity index (χ1n) is 11.4. The van der Waals surface area contributed by atoms with Crippen LogP contribution in [0.2, 0.25) is 0 Å². The number of rotatable bonds is 6. The van der Waals surface area contributed by atoms with Gasteiger partial charge in [-0.05, 0) is 68.0 Å². The van der Waals surface area contributed by atoms with Crippen molar-refractivity contribution in [2.75, 3.05) is 24.6 Å². The van der Waals surface area contributed by atoms with E-state index in [0.717, 1.165) is 25.2 Å². The third-order valence-corrected chi connectivity index (χ3v) is 8.52. The predicted octanol–water partition coefficient (Wildman–Crippen LogP) is 4.32. The Morgan fingerprint density at radius 3 is 2.61 bits per heavy atom. The molecule has 0 N–H and O–H groups in total. The van der Waals surface area contributed by atoms with Crippen LogP contribution in [0, 0.1) is 30.1 Å². The van der Waals surface area contributed by atoms with Crippen molar-refractivity contribution in [3.05, 3.63) is 30.0 Å². The fourth-order valence-corrected chi connectivity index (χ4v) is 6.23. The van der Waals surface area contributed by atoms with Gasteiger partial charge in [-0.2, -0.15) is 22.6 Å². The molecule has 3 aliphatic rings. The summed E-state index contributed by atoms with van der Waals surface area (Å²) in [6.07, 6.45) is 2.26. The zero-order chi connectivity index (χ0) is 22.8. The van der Waals surface area contributed by atoms with Crippen molar-refractivity contribution < 1.29 is 17.9 Å². The van der Waals surface area contributed by atoms with Crippen molar-refractivity contribution in [1.82, 2.24) is 24.0 Å². The molecule has 33 heavy (non-hydrogen) atoms. The summed E-state index contributed by atoms with van der Waals surface area (Å²) in [5.74, 6) is 2.48. The van der Waals surface area contributed by atoms with Crippen LogP contribution in [-0.4, -0.2) is 49.8 Å². The molecule has 176 valence electrons. The molecule has 2 saturated carbocycles. The van der Waals surface area contributed by atoms with Gasteiger partial charge < -0.3 is 9.64 Å². The zero-order valence-corrected chi connectivity index (χ0v) is 19.1. The van der Waals surface area contributed by atoms with Gasteiger partial charge in [0.25, 0.3) is 5.88 Å². The molecule has 0 spiro atoms. The summed E-state index contributed by atoms with van der Waals surface area (Å²) in [6, 6.07) is 2.16. The number of aryl methyl sites for hydroxylation is 1. The highest BCUT2D eigenvalue weighted by atomic mass is 32.1. The highest BCUT2D eigenvalue weighted by Crippen LogP contribution is 2.57. The van der Waals surface area contributed by atoms with Gasteiger partial charge in [0.1, 0.15) is 17.0 Å². The van der Waals surface area contributed by atoms with Crippen molar-refractivity contribution in [2.24, 2.45) is 23.2 Å². The Labute approximate surface area is 193 Å². The predicted molar refractivity (Wildman–Crippen MR) is 116 cm³/mol. The summed E-state index contributed by atoms with van der Waals surface area (Å²) in [5, 5.41) is 5.84. The monoisotopic (exact) mass is 478 g/mol. The maximum atomic E-state index is 13.3. The average molecular weight is 479 g/mol. The van der Waals surface area contributed by atoms with Gasteiger partial charge in [-0.3, -0.25) is 0 Å². The quantitative estimate of drug-likeness (QED) is 0.526. The summed E-state index contributed by atoms with van der Waals surface area (Å²) in [5.41, 5.74) is -0.294. The molecular formula is C22H25F3N6OS. The lowest BCUT2D eigenvalue weighted by Gasteiger charge is -2.38. The lowest BCUT2D eigenvalue weighted by atomic mass is 9.82. The number of fused-ring (bicyclic) bond motifs is 3. The Kier molecular flexibility index (Phi) is 4.83.